The number of benzene rings is 1. The van der Waals surface area contributed by atoms with E-state index in [9.17, 15) is 9.18 Å². The van der Waals surface area contributed by atoms with Gasteiger partial charge in [-0.1, -0.05) is 6.07 Å². The maximum Gasteiger partial charge on any atom is 0.260 e. The van der Waals surface area contributed by atoms with Gasteiger partial charge in [-0.15, -0.1) is 0 Å². The summed E-state index contributed by atoms with van der Waals surface area (Å²) in [7, 11) is 0. The molecule has 1 fully saturated rings. The summed E-state index contributed by atoms with van der Waals surface area (Å²) in [5, 5.41) is 9.04. The van der Waals surface area contributed by atoms with Crippen LogP contribution >= 0.6 is 0 Å². The minimum Gasteiger partial charge on any atom is -0.481 e. The Bertz CT molecular complexity index is 430. The normalized spacial score (nSPS) is 15.6. The first-order valence-corrected chi connectivity index (χ1v) is 5.41. The number of hydrogen-bond donors (Lipinski definition) is 1. The number of β-amino-alcohol motifs (C(OH)–C–C–N with tert-alkyl or cyclic N) is 1. The average Bonchev–Trinajstić information content (AvgIpc) is 2.26. The van der Waals surface area contributed by atoms with Crippen LogP contribution in [0.4, 0.5) is 4.39 Å². The number of aryl methyl sites for hydroxylation is 1. The van der Waals surface area contributed by atoms with E-state index in [1.807, 2.05) is 6.92 Å². The molecule has 0 bridgehead atoms. The molecule has 0 radical (unpaired) electrons. The van der Waals surface area contributed by atoms with Crippen LogP contribution in [-0.2, 0) is 4.79 Å². The van der Waals surface area contributed by atoms with E-state index in [0.29, 0.717) is 13.1 Å². The predicted octanol–water partition coefficient (Wildman–Crippen LogP) is 0.716. The third-order valence-corrected chi connectivity index (χ3v) is 2.65. The zero-order valence-corrected chi connectivity index (χ0v) is 9.52. The lowest BCUT2D eigenvalue weighted by Crippen LogP contribution is -2.54. The Hall–Kier alpha value is -1.62. The van der Waals surface area contributed by atoms with Crippen molar-refractivity contribution in [2.75, 3.05) is 19.7 Å². The van der Waals surface area contributed by atoms with Gasteiger partial charge in [-0.25, -0.2) is 4.39 Å². The highest BCUT2D eigenvalue weighted by Gasteiger charge is 2.28. The van der Waals surface area contributed by atoms with Crippen LogP contribution in [0.25, 0.3) is 0 Å². The fourth-order valence-electron chi connectivity index (χ4n) is 1.61. The van der Waals surface area contributed by atoms with Crippen molar-refractivity contribution >= 4 is 5.91 Å². The van der Waals surface area contributed by atoms with Gasteiger partial charge in [0.25, 0.3) is 5.91 Å². The molecule has 0 saturated carbocycles. The number of carbonyl (C=O) groups is 1. The summed E-state index contributed by atoms with van der Waals surface area (Å²) in [6, 6.07) is 4.49. The second kappa shape index (κ2) is 4.71. The zero-order valence-electron chi connectivity index (χ0n) is 9.52. The minimum absolute atomic E-state index is 0.0828. The fraction of sp³-hybridized carbons (Fsp3) is 0.417. The van der Waals surface area contributed by atoms with Crippen LogP contribution in [0.15, 0.2) is 18.2 Å². The lowest BCUT2D eigenvalue weighted by atomic mass is 10.2. The predicted molar refractivity (Wildman–Crippen MR) is 59.2 cm³/mol. The first-order valence-electron chi connectivity index (χ1n) is 5.41. The van der Waals surface area contributed by atoms with Gasteiger partial charge in [-0.05, 0) is 24.6 Å². The summed E-state index contributed by atoms with van der Waals surface area (Å²) >= 11 is 0. The topological polar surface area (TPSA) is 49.8 Å². The number of amides is 1. The molecule has 0 atom stereocenters. The van der Waals surface area contributed by atoms with Gasteiger partial charge in [0.1, 0.15) is 0 Å². The lowest BCUT2D eigenvalue weighted by molar-refractivity contribution is -0.143. The van der Waals surface area contributed by atoms with Gasteiger partial charge in [0.05, 0.1) is 6.10 Å². The van der Waals surface area contributed by atoms with Crippen LogP contribution in [0, 0.1) is 12.7 Å². The second-order valence-electron chi connectivity index (χ2n) is 4.18. The summed E-state index contributed by atoms with van der Waals surface area (Å²) in [5.74, 6) is -0.636. The van der Waals surface area contributed by atoms with E-state index in [1.54, 1.807) is 12.1 Å². The molecule has 92 valence electrons. The van der Waals surface area contributed by atoms with Crippen LogP contribution in [0.5, 0.6) is 5.75 Å². The third-order valence-electron chi connectivity index (χ3n) is 2.65. The molecular weight excluding hydrogens is 225 g/mol. The van der Waals surface area contributed by atoms with E-state index < -0.39 is 11.9 Å². The highest BCUT2D eigenvalue weighted by molar-refractivity contribution is 5.78. The van der Waals surface area contributed by atoms with Crippen LogP contribution in [-0.4, -0.2) is 41.7 Å². The highest BCUT2D eigenvalue weighted by atomic mass is 19.1. The molecule has 17 heavy (non-hydrogen) atoms. The Morgan fingerprint density at radius 2 is 2.29 bits per heavy atom. The molecule has 1 amide bonds. The number of aliphatic hydroxyl groups excluding tert-OH is 1. The number of carbonyl (C=O) groups excluding carboxylic acids is 1. The van der Waals surface area contributed by atoms with Crippen molar-refractivity contribution in [2.45, 2.75) is 13.0 Å². The highest BCUT2D eigenvalue weighted by Crippen LogP contribution is 2.18. The molecule has 0 aromatic heterocycles. The fourth-order valence-corrected chi connectivity index (χ4v) is 1.61. The Morgan fingerprint density at radius 3 is 2.94 bits per heavy atom. The Balaban J connectivity index is 1.89. The van der Waals surface area contributed by atoms with Crippen molar-refractivity contribution in [3.05, 3.63) is 29.6 Å². The summed E-state index contributed by atoms with van der Waals surface area (Å²) in [5.41, 5.74) is 0.869. The largest absolute Gasteiger partial charge is 0.481 e. The van der Waals surface area contributed by atoms with E-state index in [1.165, 1.54) is 11.0 Å². The number of halogens is 1. The van der Waals surface area contributed by atoms with Gasteiger partial charge in [-0.2, -0.15) is 0 Å². The first-order chi connectivity index (χ1) is 8.06. The number of hydrogen-bond acceptors (Lipinski definition) is 3. The molecule has 1 saturated heterocycles. The van der Waals surface area contributed by atoms with E-state index in [-0.39, 0.29) is 18.3 Å². The molecule has 1 N–H and O–H groups in total. The third kappa shape index (κ3) is 2.74. The Labute approximate surface area is 98.6 Å². The molecule has 0 spiro atoms. The summed E-state index contributed by atoms with van der Waals surface area (Å²) in [4.78, 5) is 13.0. The van der Waals surface area contributed by atoms with Crippen molar-refractivity contribution in [3.8, 4) is 5.75 Å². The first kappa shape index (κ1) is 11.9. The van der Waals surface area contributed by atoms with Crippen LogP contribution in [0.2, 0.25) is 0 Å². The molecular formula is C12H14FNO3. The SMILES string of the molecule is Cc1ccc(F)c(OCC(=O)N2CC(O)C2)c1. The maximum absolute atomic E-state index is 13.3. The smallest absolute Gasteiger partial charge is 0.260 e. The molecule has 1 aliphatic heterocycles. The van der Waals surface area contributed by atoms with Crippen LogP contribution < -0.4 is 4.74 Å². The molecule has 1 aromatic carbocycles. The van der Waals surface area contributed by atoms with Gasteiger partial charge in [0.15, 0.2) is 18.2 Å². The van der Waals surface area contributed by atoms with E-state index in [0.717, 1.165) is 5.56 Å². The van der Waals surface area contributed by atoms with Gasteiger partial charge in [0.2, 0.25) is 0 Å². The number of nitrogens with zero attached hydrogens (tertiary/aromatic N) is 1. The standard InChI is InChI=1S/C12H14FNO3/c1-8-2-3-10(13)11(4-8)17-7-12(16)14-5-9(15)6-14/h2-4,9,15H,5-7H2,1H3. The number of ether oxygens (including phenoxy) is 1. The quantitative estimate of drug-likeness (QED) is 0.845. The van der Waals surface area contributed by atoms with Crippen molar-refractivity contribution in [3.63, 3.8) is 0 Å². The van der Waals surface area contributed by atoms with Crippen LogP contribution in [0.3, 0.4) is 0 Å². The van der Waals surface area contributed by atoms with Gasteiger partial charge in [-0.3, -0.25) is 4.79 Å². The molecule has 4 nitrogen and oxygen atoms in total. The summed E-state index contributed by atoms with van der Waals surface area (Å²) in [6.45, 7) is 2.28. The molecule has 0 unspecified atom stereocenters. The molecule has 1 aliphatic rings. The Morgan fingerprint density at radius 1 is 1.59 bits per heavy atom. The molecule has 2 rings (SSSR count). The van der Waals surface area contributed by atoms with E-state index in [2.05, 4.69) is 0 Å². The molecule has 1 aromatic rings. The monoisotopic (exact) mass is 239 g/mol. The van der Waals surface area contributed by atoms with Crippen molar-refractivity contribution in [1.29, 1.82) is 0 Å². The van der Waals surface area contributed by atoms with Crippen molar-refractivity contribution in [1.82, 2.24) is 4.90 Å². The number of rotatable bonds is 3. The van der Waals surface area contributed by atoms with E-state index in [4.69, 9.17) is 9.84 Å². The van der Waals surface area contributed by atoms with E-state index >= 15 is 0 Å². The maximum atomic E-state index is 13.3. The average molecular weight is 239 g/mol. The lowest BCUT2D eigenvalue weighted by Gasteiger charge is -2.35. The van der Waals surface area contributed by atoms with Crippen LogP contribution in [0.1, 0.15) is 5.56 Å². The van der Waals surface area contributed by atoms with Gasteiger partial charge >= 0.3 is 0 Å². The van der Waals surface area contributed by atoms with Crippen molar-refractivity contribution in [2.24, 2.45) is 0 Å². The zero-order chi connectivity index (χ0) is 12.4. The summed E-state index contributed by atoms with van der Waals surface area (Å²) < 4.78 is 18.4. The Kier molecular flexibility index (Phi) is 3.28. The van der Waals surface area contributed by atoms with Crippen molar-refractivity contribution < 1.29 is 19.0 Å². The van der Waals surface area contributed by atoms with Gasteiger partial charge in [0, 0.05) is 13.1 Å². The summed E-state index contributed by atoms with van der Waals surface area (Å²) in [6.07, 6.45) is -0.436. The molecule has 1 heterocycles. The number of aliphatic hydroxyl groups is 1. The number of likely N-dealkylation sites (tertiary alicyclic amines) is 1. The van der Waals surface area contributed by atoms with Gasteiger partial charge < -0.3 is 14.7 Å². The molecule has 5 heteroatoms. The second-order valence-corrected chi connectivity index (χ2v) is 4.18. The molecule has 0 aliphatic carbocycles. The minimum atomic E-state index is -0.480.